The van der Waals surface area contributed by atoms with E-state index in [4.69, 9.17) is 21.4 Å². The highest BCUT2D eigenvalue weighted by molar-refractivity contribution is 7.18. The minimum Gasteiger partial charge on any atom is -0.396 e. The molecular weight excluding hydrogens is 286 g/mol. The van der Waals surface area contributed by atoms with Gasteiger partial charge in [0.25, 0.3) is 0 Å². The molecule has 0 aliphatic carbocycles. The third-order valence-corrected chi connectivity index (χ3v) is 4.32. The third-order valence-electron chi connectivity index (χ3n) is 3.07. The van der Waals surface area contributed by atoms with Crippen LogP contribution in [0, 0.1) is 0 Å². The topological polar surface area (TPSA) is 58.5 Å². The van der Waals surface area contributed by atoms with Crippen LogP contribution in [0.2, 0.25) is 5.28 Å². The van der Waals surface area contributed by atoms with E-state index in [2.05, 4.69) is 20.9 Å². The first-order chi connectivity index (χ1) is 9.28. The van der Waals surface area contributed by atoms with Crippen LogP contribution in [0.15, 0.2) is 6.07 Å². The van der Waals surface area contributed by atoms with Crippen LogP contribution in [0.1, 0.15) is 4.88 Å². The Morgan fingerprint density at radius 1 is 1.37 bits per heavy atom. The first-order valence-electron chi connectivity index (χ1n) is 6.17. The first-order valence-corrected chi connectivity index (χ1v) is 7.37. The van der Waals surface area contributed by atoms with E-state index in [0.29, 0.717) is 19.6 Å². The van der Waals surface area contributed by atoms with E-state index >= 15 is 0 Å². The van der Waals surface area contributed by atoms with Gasteiger partial charge in [-0.3, -0.25) is 0 Å². The van der Waals surface area contributed by atoms with Crippen molar-refractivity contribution in [1.82, 2.24) is 9.97 Å². The molecule has 3 heterocycles. The Kier molecular flexibility index (Phi) is 3.83. The fourth-order valence-electron chi connectivity index (χ4n) is 2.18. The molecule has 0 amide bonds. The second-order valence-corrected chi connectivity index (χ2v) is 5.77. The molecule has 1 N–H and O–H groups in total. The van der Waals surface area contributed by atoms with Gasteiger partial charge >= 0.3 is 0 Å². The lowest BCUT2D eigenvalue weighted by Crippen LogP contribution is -2.36. The highest BCUT2D eigenvalue weighted by Gasteiger charge is 2.18. The third kappa shape index (κ3) is 2.67. The van der Waals surface area contributed by atoms with Gasteiger partial charge in [0.2, 0.25) is 5.28 Å². The van der Waals surface area contributed by atoms with Crippen molar-refractivity contribution in [3.63, 3.8) is 0 Å². The van der Waals surface area contributed by atoms with Crippen molar-refractivity contribution < 1.29 is 9.84 Å². The van der Waals surface area contributed by atoms with Gasteiger partial charge in [0.15, 0.2) is 0 Å². The van der Waals surface area contributed by atoms with E-state index in [9.17, 15) is 0 Å². The van der Waals surface area contributed by atoms with Gasteiger partial charge < -0.3 is 14.7 Å². The van der Waals surface area contributed by atoms with Crippen molar-refractivity contribution in [2.75, 3.05) is 37.8 Å². The number of rotatable bonds is 3. The lowest BCUT2D eigenvalue weighted by atomic mass is 10.2. The molecule has 5 nitrogen and oxygen atoms in total. The summed E-state index contributed by atoms with van der Waals surface area (Å²) >= 11 is 7.57. The molecule has 2 aromatic heterocycles. The average molecular weight is 300 g/mol. The zero-order valence-corrected chi connectivity index (χ0v) is 11.9. The van der Waals surface area contributed by atoms with Gasteiger partial charge in [-0.1, -0.05) is 0 Å². The Balaban J connectivity index is 2.05. The van der Waals surface area contributed by atoms with Crippen molar-refractivity contribution in [2.45, 2.75) is 6.42 Å². The molecule has 0 atom stereocenters. The Morgan fingerprint density at radius 2 is 2.16 bits per heavy atom. The van der Waals surface area contributed by atoms with Crippen LogP contribution in [0.25, 0.3) is 10.2 Å². The van der Waals surface area contributed by atoms with Crippen LogP contribution in [-0.2, 0) is 11.2 Å². The van der Waals surface area contributed by atoms with Gasteiger partial charge in [-0.25, -0.2) is 4.98 Å². The van der Waals surface area contributed by atoms with Crippen molar-refractivity contribution in [3.05, 3.63) is 16.2 Å². The van der Waals surface area contributed by atoms with Gasteiger partial charge in [-0.2, -0.15) is 4.98 Å². The fraction of sp³-hybridized carbons (Fsp3) is 0.500. The van der Waals surface area contributed by atoms with Gasteiger partial charge in [0.1, 0.15) is 10.6 Å². The fourth-order valence-corrected chi connectivity index (χ4v) is 3.41. The van der Waals surface area contributed by atoms with Gasteiger partial charge in [-0.05, 0) is 17.7 Å². The van der Waals surface area contributed by atoms with Crippen LogP contribution >= 0.6 is 22.9 Å². The lowest BCUT2D eigenvalue weighted by Gasteiger charge is -2.28. The van der Waals surface area contributed by atoms with E-state index in [-0.39, 0.29) is 11.9 Å². The quantitative estimate of drug-likeness (QED) is 0.875. The minimum atomic E-state index is 0.140. The molecule has 1 saturated heterocycles. The number of fused-ring (bicyclic) bond motifs is 1. The number of aromatic nitrogens is 2. The molecule has 19 heavy (non-hydrogen) atoms. The van der Waals surface area contributed by atoms with Crippen LogP contribution in [0.5, 0.6) is 0 Å². The smallest absolute Gasteiger partial charge is 0.225 e. The van der Waals surface area contributed by atoms with E-state index in [1.54, 1.807) is 11.3 Å². The predicted octanol–water partition coefficient (Wildman–Crippen LogP) is 1.72. The lowest BCUT2D eigenvalue weighted by molar-refractivity contribution is 0.122. The number of halogens is 1. The largest absolute Gasteiger partial charge is 0.396 e. The standard InChI is InChI=1S/C12H14ClN3O2S/c13-12-14-10(16-2-5-18-6-3-16)9-7-8(1-4-17)19-11(9)15-12/h7,17H,1-6H2. The summed E-state index contributed by atoms with van der Waals surface area (Å²) in [5.74, 6) is 0.874. The normalized spacial score (nSPS) is 16.2. The highest BCUT2D eigenvalue weighted by Crippen LogP contribution is 2.32. The summed E-state index contributed by atoms with van der Waals surface area (Å²) in [4.78, 5) is 12.8. The van der Waals surface area contributed by atoms with Gasteiger partial charge in [0.05, 0.1) is 18.6 Å². The molecule has 1 aliphatic heterocycles. The highest BCUT2D eigenvalue weighted by atomic mass is 35.5. The van der Waals surface area contributed by atoms with E-state index in [1.165, 1.54) is 0 Å². The summed E-state index contributed by atoms with van der Waals surface area (Å²) in [7, 11) is 0. The number of aliphatic hydroxyl groups is 1. The Hall–Kier alpha value is -0.950. The summed E-state index contributed by atoms with van der Waals surface area (Å²) in [6.45, 7) is 3.18. The average Bonchev–Trinajstić information content (AvgIpc) is 2.81. The second-order valence-electron chi connectivity index (χ2n) is 4.32. The molecule has 0 bridgehead atoms. The molecule has 0 radical (unpaired) electrons. The monoisotopic (exact) mass is 299 g/mol. The second kappa shape index (κ2) is 5.58. The number of hydrogen-bond donors (Lipinski definition) is 1. The van der Waals surface area contributed by atoms with Crippen molar-refractivity contribution >= 4 is 39.0 Å². The molecular formula is C12H14ClN3O2S. The number of nitrogens with zero attached hydrogens (tertiary/aromatic N) is 3. The summed E-state index contributed by atoms with van der Waals surface area (Å²) in [6.07, 6.45) is 0.640. The van der Waals surface area contributed by atoms with Crippen LogP contribution in [-0.4, -0.2) is 48.0 Å². The predicted molar refractivity (Wildman–Crippen MR) is 76.2 cm³/mol. The molecule has 0 spiro atoms. The van der Waals surface area contributed by atoms with Crippen molar-refractivity contribution in [2.24, 2.45) is 0 Å². The van der Waals surface area contributed by atoms with E-state index in [0.717, 1.165) is 34.0 Å². The van der Waals surface area contributed by atoms with Crippen LogP contribution in [0.3, 0.4) is 0 Å². The first kappa shape index (κ1) is 13.1. The SMILES string of the molecule is OCCc1cc2c(N3CCOCC3)nc(Cl)nc2s1. The summed E-state index contributed by atoms with van der Waals surface area (Å²) in [5, 5.41) is 10.3. The molecule has 0 saturated carbocycles. The Bertz CT molecular complexity index is 584. The van der Waals surface area contributed by atoms with Crippen LogP contribution < -0.4 is 4.90 Å². The molecule has 0 unspecified atom stereocenters. The maximum absolute atomic E-state index is 9.04. The molecule has 2 aromatic rings. The van der Waals surface area contributed by atoms with Crippen molar-refractivity contribution in [1.29, 1.82) is 0 Å². The molecule has 1 fully saturated rings. The van der Waals surface area contributed by atoms with Crippen molar-refractivity contribution in [3.8, 4) is 0 Å². The zero-order chi connectivity index (χ0) is 13.2. The van der Waals surface area contributed by atoms with Gasteiger partial charge in [-0.15, -0.1) is 11.3 Å². The van der Waals surface area contributed by atoms with E-state index < -0.39 is 0 Å². The molecule has 1 aliphatic rings. The maximum atomic E-state index is 9.04. The Labute approximate surface area is 119 Å². The number of morpholine rings is 1. The number of thiophene rings is 1. The Morgan fingerprint density at radius 3 is 2.89 bits per heavy atom. The molecule has 0 aromatic carbocycles. The van der Waals surface area contributed by atoms with Crippen LogP contribution in [0.4, 0.5) is 5.82 Å². The van der Waals surface area contributed by atoms with E-state index in [1.807, 2.05) is 0 Å². The maximum Gasteiger partial charge on any atom is 0.225 e. The molecule has 102 valence electrons. The number of aliphatic hydroxyl groups excluding tert-OH is 1. The van der Waals surface area contributed by atoms with Gasteiger partial charge in [0, 0.05) is 31.0 Å². The minimum absolute atomic E-state index is 0.140. The molecule has 3 rings (SSSR count). The summed E-state index contributed by atoms with van der Waals surface area (Å²) < 4.78 is 5.36. The number of anilines is 1. The number of ether oxygens (including phenoxy) is 1. The summed E-state index contributed by atoms with van der Waals surface area (Å²) in [6, 6.07) is 2.05. The molecule has 7 heteroatoms. The summed E-state index contributed by atoms with van der Waals surface area (Å²) in [5.41, 5.74) is 0. The zero-order valence-electron chi connectivity index (χ0n) is 10.3. The number of hydrogen-bond acceptors (Lipinski definition) is 6.